The summed E-state index contributed by atoms with van der Waals surface area (Å²) < 4.78 is 0. The van der Waals surface area contributed by atoms with E-state index in [2.05, 4.69) is 0 Å². The van der Waals surface area contributed by atoms with Crippen molar-refractivity contribution in [3.05, 3.63) is 164 Å². The summed E-state index contributed by atoms with van der Waals surface area (Å²) in [7, 11) is 0. The van der Waals surface area contributed by atoms with E-state index in [0.29, 0.717) is 20.1 Å². The molecule has 2 aliphatic rings. The summed E-state index contributed by atoms with van der Waals surface area (Å²) >= 11 is 26.2. The lowest BCUT2D eigenvalue weighted by atomic mass is 9.69. The van der Waals surface area contributed by atoms with Crippen molar-refractivity contribution in [1.29, 1.82) is 0 Å². The Hall–Kier alpha value is -3.33. The Morgan fingerprint density at radius 1 is 0.462 bits per heavy atom. The fourth-order valence-electron chi connectivity index (χ4n) is 5.58. The Kier molecular flexibility index (Phi) is 6.87. The summed E-state index contributed by atoms with van der Waals surface area (Å²) in [5.74, 6) is -0.0722. The number of carbonyl (C=O) groups excluding carboxylic acids is 1. The second-order valence-corrected chi connectivity index (χ2v) is 11.2. The number of benzene rings is 4. The van der Waals surface area contributed by atoms with Gasteiger partial charge >= 0.3 is 0 Å². The number of halogens is 4. The Labute approximate surface area is 247 Å². The normalized spacial score (nSPS) is 16.1. The second-order valence-electron chi connectivity index (χ2n) is 9.48. The maximum absolute atomic E-state index is 12.5. The summed E-state index contributed by atoms with van der Waals surface area (Å²) in [4.78, 5) is 12.5. The van der Waals surface area contributed by atoms with Gasteiger partial charge in [0.2, 0.25) is 0 Å². The Bertz CT molecular complexity index is 1640. The van der Waals surface area contributed by atoms with Crippen LogP contribution in [0.1, 0.15) is 22.3 Å². The molecule has 190 valence electrons. The minimum Gasteiger partial charge on any atom is -0.290 e. The molecule has 0 unspecified atom stereocenters. The Morgan fingerprint density at radius 3 is 1.15 bits per heavy atom. The van der Waals surface area contributed by atoms with E-state index in [9.17, 15) is 4.79 Å². The predicted molar refractivity (Wildman–Crippen MR) is 165 cm³/mol. The number of carbonyl (C=O) groups is 1. The standard InChI is InChI=1S/C34H20Cl4O/c35-25-9-1-5-21(17-25)30-31(22-6-2-10-26(36)18-22)33(24-8-4-12-28(38)20-24)34(15-13-29(39)14-16-34)32(30)23-7-3-11-27(37)19-23/h1-20H. The first-order chi connectivity index (χ1) is 18.9. The molecule has 0 radical (unpaired) electrons. The van der Waals surface area contributed by atoms with Gasteiger partial charge in [-0.05, 0) is 105 Å². The molecule has 4 aromatic rings. The van der Waals surface area contributed by atoms with Crippen LogP contribution in [0.25, 0.3) is 22.3 Å². The molecule has 0 heterocycles. The molecule has 6 rings (SSSR count). The first kappa shape index (κ1) is 25.9. The molecule has 0 atom stereocenters. The van der Waals surface area contributed by atoms with Gasteiger partial charge in [0.1, 0.15) is 0 Å². The van der Waals surface area contributed by atoms with Crippen LogP contribution in [0.5, 0.6) is 0 Å². The highest BCUT2D eigenvalue weighted by Gasteiger charge is 2.46. The number of allylic oxidation sites excluding steroid dienone is 8. The molecule has 5 heteroatoms. The van der Waals surface area contributed by atoms with Crippen molar-refractivity contribution in [2.75, 3.05) is 0 Å². The van der Waals surface area contributed by atoms with E-state index >= 15 is 0 Å². The van der Waals surface area contributed by atoms with Crippen molar-refractivity contribution in [1.82, 2.24) is 0 Å². The van der Waals surface area contributed by atoms with Gasteiger partial charge in [0.05, 0.1) is 5.41 Å². The molecule has 0 aromatic heterocycles. The molecular formula is C34H20Cl4O. The van der Waals surface area contributed by atoms with Crippen LogP contribution in [-0.2, 0) is 4.79 Å². The van der Waals surface area contributed by atoms with Crippen molar-refractivity contribution in [2.24, 2.45) is 5.41 Å². The van der Waals surface area contributed by atoms with Crippen LogP contribution in [0.4, 0.5) is 0 Å². The lowest BCUT2D eigenvalue weighted by molar-refractivity contribution is -0.110. The minimum absolute atomic E-state index is 0.0722. The Morgan fingerprint density at radius 2 is 0.795 bits per heavy atom. The lowest BCUT2D eigenvalue weighted by Crippen LogP contribution is -2.21. The van der Waals surface area contributed by atoms with E-state index in [1.165, 1.54) is 0 Å². The number of hydrogen-bond acceptors (Lipinski definition) is 1. The lowest BCUT2D eigenvalue weighted by Gasteiger charge is -2.32. The van der Waals surface area contributed by atoms with Crippen LogP contribution >= 0.6 is 46.4 Å². The predicted octanol–water partition coefficient (Wildman–Crippen LogP) is 10.5. The van der Waals surface area contributed by atoms with Crippen molar-refractivity contribution in [3.63, 3.8) is 0 Å². The topological polar surface area (TPSA) is 17.1 Å². The van der Waals surface area contributed by atoms with E-state index in [1.54, 1.807) is 12.2 Å². The molecule has 39 heavy (non-hydrogen) atoms. The van der Waals surface area contributed by atoms with Gasteiger partial charge in [-0.15, -0.1) is 0 Å². The molecular weight excluding hydrogens is 566 g/mol. The fourth-order valence-corrected chi connectivity index (χ4v) is 6.34. The third-order valence-corrected chi connectivity index (χ3v) is 7.99. The van der Waals surface area contributed by atoms with Crippen LogP contribution in [0.2, 0.25) is 20.1 Å². The molecule has 4 aromatic carbocycles. The summed E-state index contributed by atoms with van der Waals surface area (Å²) in [5, 5.41) is 2.46. The number of rotatable bonds is 4. The van der Waals surface area contributed by atoms with E-state index < -0.39 is 5.41 Å². The smallest absolute Gasteiger partial charge is 0.178 e. The van der Waals surface area contributed by atoms with Crippen molar-refractivity contribution in [3.8, 4) is 0 Å². The molecule has 0 amide bonds. The van der Waals surface area contributed by atoms with Gasteiger partial charge in [-0.3, -0.25) is 4.79 Å². The largest absolute Gasteiger partial charge is 0.290 e. The maximum Gasteiger partial charge on any atom is 0.178 e. The van der Waals surface area contributed by atoms with Crippen molar-refractivity contribution >= 4 is 74.5 Å². The monoisotopic (exact) mass is 584 g/mol. The molecule has 1 spiro atoms. The van der Waals surface area contributed by atoms with Gasteiger partial charge in [-0.25, -0.2) is 0 Å². The third kappa shape index (κ3) is 4.71. The fraction of sp³-hybridized carbons (Fsp3) is 0.0294. The summed E-state index contributed by atoms with van der Waals surface area (Å²) in [6.07, 6.45) is 7.21. The minimum atomic E-state index is -0.807. The molecule has 1 nitrogen and oxygen atoms in total. The van der Waals surface area contributed by atoms with Crippen LogP contribution in [-0.4, -0.2) is 5.78 Å². The quantitative estimate of drug-likeness (QED) is 0.233. The second kappa shape index (κ2) is 10.3. The van der Waals surface area contributed by atoms with Crippen LogP contribution in [0.3, 0.4) is 0 Å². The number of ketones is 1. The van der Waals surface area contributed by atoms with Gasteiger partial charge in [0.15, 0.2) is 5.78 Å². The van der Waals surface area contributed by atoms with Crippen LogP contribution in [0, 0.1) is 5.41 Å². The average Bonchev–Trinajstić information content (AvgIpc) is 3.21. The van der Waals surface area contributed by atoms with E-state index in [4.69, 9.17) is 46.4 Å². The highest BCUT2D eigenvalue weighted by Crippen LogP contribution is 2.63. The molecule has 0 saturated heterocycles. The molecule has 0 aliphatic heterocycles. The SMILES string of the molecule is O=C1C=CC2(C=C1)C(c1cccc(Cl)c1)=C(c1cccc(Cl)c1)C(c1cccc(Cl)c1)=C2c1cccc(Cl)c1. The van der Waals surface area contributed by atoms with Gasteiger partial charge in [0.25, 0.3) is 0 Å². The molecule has 0 bridgehead atoms. The average molecular weight is 586 g/mol. The van der Waals surface area contributed by atoms with Crippen molar-refractivity contribution < 1.29 is 4.79 Å². The maximum atomic E-state index is 12.5. The van der Waals surface area contributed by atoms with Gasteiger partial charge in [-0.1, -0.05) is 107 Å². The summed E-state index contributed by atoms with van der Waals surface area (Å²) in [6, 6.07) is 31.2. The zero-order valence-electron chi connectivity index (χ0n) is 20.5. The van der Waals surface area contributed by atoms with Crippen LogP contribution < -0.4 is 0 Å². The molecule has 2 aliphatic carbocycles. The summed E-state index contributed by atoms with van der Waals surface area (Å²) in [5.41, 5.74) is 6.83. The first-order valence-electron chi connectivity index (χ1n) is 12.3. The zero-order valence-corrected chi connectivity index (χ0v) is 23.5. The van der Waals surface area contributed by atoms with Gasteiger partial charge in [0, 0.05) is 20.1 Å². The highest BCUT2D eigenvalue weighted by molar-refractivity contribution is 6.36. The van der Waals surface area contributed by atoms with E-state index in [1.807, 2.05) is 109 Å². The summed E-state index contributed by atoms with van der Waals surface area (Å²) in [6.45, 7) is 0. The Balaban J connectivity index is 1.84. The zero-order chi connectivity index (χ0) is 27.1. The third-order valence-electron chi connectivity index (χ3n) is 7.05. The highest BCUT2D eigenvalue weighted by atomic mass is 35.5. The van der Waals surface area contributed by atoms with Crippen LogP contribution in [0.15, 0.2) is 121 Å². The molecule has 0 saturated carbocycles. The first-order valence-corrected chi connectivity index (χ1v) is 13.8. The molecule has 0 N–H and O–H groups in total. The van der Waals surface area contributed by atoms with Gasteiger partial charge < -0.3 is 0 Å². The van der Waals surface area contributed by atoms with E-state index in [0.717, 1.165) is 44.5 Å². The van der Waals surface area contributed by atoms with Crippen molar-refractivity contribution in [2.45, 2.75) is 0 Å². The molecule has 0 fully saturated rings. The number of hydrogen-bond donors (Lipinski definition) is 0. The van der Waals surface area contributed by atoms with E-state index in [-0.39, 0.29) is 5.78 Å². The van der Waals surface area contributed by atoms with Gasteiger partial charge in [-0.2, -0.15) is 0 Å².